The highest BCUT2D eigenvalue weighted by molar-refractivity contribution is 6.30. The molecular weight excluding hydrogens is 314 g/mol. The lowest BCUT2D eigenvalue weighted by Crippen LogP contribution is -2.30. The minimum absolute atomic E-state index is 0.190. The molecule has 0 spiro atoms. The molecule has 0 aromatic heterocycles. The van der Waals surface area contributed by atoms with Crippen LogP contribution in [0.5, 0.6) is 0 Å². The second kappa shape index (κ2) is 7.76. The van der Waals surface area contributed by atoms with E-state index in [4.69, 9.17) is 17.3 Å². The van der Waals surface area contributed by atoms with E-state index < -0.39 is 5.91 Å². The van der Waals surface area contributed by atoms with Gasteiger partial charge in [-0.1, -0.05) is 35.9 Å². The number of nitrogens with two attached hydrogens (primary N) is 1. The van der Waals surface area contributed by atoms with E-state index in [0.29, 0.717) is 22.8 Å². The van der Waals surface area contributed by atoms with Crippen LogP contribution in [0.15, 0.2) is 48.5 Å². The molecule has 6 heteroatoms. The number of anilines is 1. The normalized spacial score (nSPS) is 10.6. The first kappa shape index (κ1) is 17.0. The van der Waals surface area contributed by atoms with Crippen LogP contribution in [0.4, 0.5) is 5.69 Å². The number of hydrogen-bond donors (Lipinski definition) is 2. The third kappa shape index (κ3) is 5.09. The average Bonchev–Trinajstić information content (AvgIpc) is 2.49. The number of amides is 2. The van der Waals surface area contributed by atoms with Gasteiger partial charge in [0.05, 0.1) is 17.8 Å². The van der Waals surface area contributed by atoms with E-state index >= 15 is 0 Å². The third-order valence-corrected chi connectivity index (χ3v) is 3.50. The van der Waals surface area contributed by atoms with Crippen molar-refractivity contribution >= 4 is 29.1 Å². The molecule has 0 fully saturated rings. The number of para-hydroxylation sites is 1. The molecule has 0 radical (unpaired) electrons. The molecule has 0 unspecified atom stereocenters. The fourth-order valence-corrected chi connectivity index (χ4v) is 2.33. The van der Waals surface area contributed by atoms with E-state index in [1.54, 1.807) is 24.3 Å². The summed E-state index contributed by atoms with van der Waals surface area (Å²) in [6, 6.07) is 14.1. The maximum absolute atomic E-state index is 12.1. The summed E-state index contributed by atoms with van der Waals surface area (Å²) < 4.78 is 0. The summed E-state index contributed by atoms with van der Waals surface area (Å²) in [5.74, 6) is -0.786. The van der Waals surface area contributed by atoms with Crippen LogP contribution in [0.2, 0.25) is 5.02 Å². The summed E-state index contributed by atoms with van der Waals surface area (Å²) in [6.45, 7) is 0.803. The molecule has 0 aliphatic carbocycles. The van der Waals surface area contributed by atoms with Crippen LogP contribution in [-0.2, 0) is 11.3 Å². The van der Waals surface area contributed by atoms with Gasteiger partial charge in [-0.3, -0.25) is 14.5 Å². The van der Waals surface area contributed by atoms with E-state index in [-0.39, 0.29) is 12.5 Å². The summed E-state index contributed by atoms with van der Waals surface area (Å²) >= 11 is 5.85. The van der Waals surface area contributed by atoms with E-state index in [1.165, 1.54) is 0 Å². The minimum Gasteiger partial charge on any atom is -0.366 e. The van der Waals surface area contributed by atoms with Crippen molar-refractivity contribution in [3.8, 4) is 0 Å². The highest BCUT2D eigenvalue weighted by Gasteiger charge is 2.12. The lowest BCUT2D eigenvalue weighted by atomic mass is 10.1. The van der Waals surface area contributed by atoms with Gasteiger partial charge in [0.15, 0.2) is 0 Å². The third-order valence-electron chi connectivity index (χ3n) is 3.25. The predicted octanol–water partition coefficient (Wildman–Crippen LogP) is 2.51. The molecule has 0 aliphatic rings. The first-order valence-electron chi connectivity index (χ1n) is 7.07. The number of benzene rings is 2. The van der Waals surface area contributed by atoms with Crippen molar-refractivity contribution in [1.29, 1.82) is 0 Å². The highest BCUT2D eigenvalue weighted by atomic mass is 35.5. The molecule has 0 saturated heterocycles. The molecule has 23 heavy (non-hydrogen) atoms. The Morgan fingerprint density at radius 3 is 2.43 bits per heavy atom. The van der Waals surface area contributed by atoms with E-state index in [1.807, 2.05) is 36.2 Å². The number of carbonyl (C=O) groups is 2. The zero-order valence-electron chi connectivity index (χ0n) is 12.8. The van der Waals surface area contributed by atoms with Crippen molar-refractivity contribution < 1.29 is 9.59 Å². The number of likely N-dealkylation sites (N-methyl/N-ethyl adjacent to an activating group) is 1. The Bertz CT molecular complexity index is 701. The van der Waals surface area contributed by atoms with Crippen LogP contribution < -0.4 is 11.1 Å². The molecule has 2 rings (SSSR count). The topological polar surface area (TPSA) is 75.4 Å². The van der Waals surface area contributed by atoms with Crippen LogP contribution >= 0.6 is 11.6 Å². The molecule has 5 nitrogen and oxygen atoms in total. The van der Waals surface area contributed by atoms with Crippen LogP contribution in [0, 0.1) is 0 Å². The summed E-state index contributed by atoms with van der Waals surface area (Å²) in [4.78, 5) is 25.3. The van der Waals surface area contributed by atoms with Crippen molar-refractivity contribution in [2.45, 2.75) is 6.54 Å². The molecular formula is C17H18ClN3O2. The molecule has 2 aromatic rings. The van der Waals surface area contributed by atoms with Gasteiger partial charge in [-0.25, -0.2) is 0 Å². The minimum atomic E-state index is -0.574. The Morgan fingerprint density at radius 1 is 1.13 bits per heavy atom. The number of rotatable bonds is 6. The Kier molecular flexibility index (Phi) is 5.73. The average molecular weight is 332 g/mol. The van der Waals surface area contributed by atoms with Crippen LogP contribution in [-0.4, -0.2) is 30.3 Å². The quantitative estimate of drug-likeness (QED) is 0.854. The molecule has 120 valence electrons. The Hall–Kier alpha value is -2.37. The van der Waals surface area contributed by atoms with E-state index in [2.05, 4.69) is 5.32 Å². The zero-order valence-corrected chi connectivity index (χ0v) is 13.5. The van der Waals surface area contributed by atoms with Gasteiger partial charge < -0.3 is 11.1 Å². The number of nitrogens with one attached hydrogen (secondary N) is 1. The first-order valence-corrected chi connectivity index (χ1v) is 7.45. The molecule has 2 amide bonds. The second-order valence-corrected chi connectivity index (χ2v) is 5.69. The molecule has 2 aromatic carbocycles. The smallest absolute Gasteiger partial charge is 0.250 e. The number of nitrogens with zero attached hydrogens (tertiary/aromatic N) is 1. The SMILES string of the molecule is CN(CC(=O)Nc1ccccc1C(N)=O)Cc1ccc(Cl)cc1. The van der Waals surface area contributed by atoms with Crippen LogP contribution in [0.1, 0.15) is 15.9 Å². The lowest BCUT2D eigenvalue weighted by molar-refractivity contribution is -0.117. The van der Waals surface area contributed by atoms with Crippen molar-refractivity contribution in [3.05, 3.63) is 64.7 Å². The zero-order chi connectivity index (χ0) is 16.8. The standard InChI is InChI=1S/C17H18ClN3O2/c1-21(10-12-6-8-13(18)9-7-12)11-16(22)20-15-5-3-2-4-14(15)17(19)23/h2-9H,10-11H2,1H3,(H2,19,23)(H,20,22). The number of carbonyl (C=O) groups excluding carboxylic acids is 2. The Balaban J connectivity index is 1.94. The predicted molar refractivity (Wildman–Crippen MR) is 91.4 cm³/mol. The van der Waals surface area contributed by atoms with Crippen molar-refractivity contribution in [2.24, 2.45) is 5.73 Å². The van der Waals surface area contributed by atoms with Crippen molar-refractivity contribution in [3.63, 3.8) is 0 Å². The van der Waals surface area contributed by atoms with Gasteiger partial charge in [-0.2, -0.15) is 0 Å². The first-order chi connectivity index (χ1) is 11.0. The number of primary amides is 1. The van der Waals surface area contributed by atoms with Crippen LogP contribution in [0.25, 0.3) is 0 Å². The van der Waals surface area contributed by atoms with Gasteiger partial charge in [0.2, 0.25) is 5.91 Å². The monoisotopic (exact) mass is 331 g/mol. The highest BCUT2D eigenvalue weighted by Crippen LogP contribution is 2.14. The molecule has 3 N–H and O–H groups in total. The number of hydrogen-bond acceptors (Lipinski definition) is 3. The van der Waals surface area contributed by atoms with Gasteiger partial charge in [0.1, 0.15) is 0 Å². The van der Waals surface area contributed by atoms with Crippen molar-refractivity contribution in [2.75, 3.05) is 18.9 Å². The fraction of sp³-hybridized carbons (Fsp3) is 0.176. The lowest BCUT2D eigenvalue weighted by Gasteiger charge is -2.17. The van der Waals surface area contributed by atoms with Crippen LogP contribution in [0.3, 0.4) is 0 Å². The summed E-state index contributed by atoms with van der Waals surface area (Å²) in [6.07, 6.45) is 0. The summed E-state index contributed by atoms with van der Waals surface area (Å²) in [7, 11) is 1.84. The van der Waals surface area contributed by atoms with Crippen molar-refractivity contribution in [1.82, 2.24) is 4.90 Å². The molecule has 0 saturated carbocycles. The van der Waals surface area contributed by atoms with Gasteiger partial charge in [0.25, 0.3) is 5.91 Å². The number of halogens is 1. The molecule has 0 aliphatic heterocycles. The van der Waals surface area contributed by atoms with Gasteiger partial charge >= 0.3 is 0 Å². The van der Waals surface area contributed by atoms with E-state index in [0.717, 1.165) is 5.56 Å². The molecule has 0 heterocycles. The Morgan fingerprint density at radius 2 is 1.78 bits per heavy atom. The van der Waals surface area contributed by atoms with Gasteiger partial charge in [-0.15, -0.1) is 0 Å². The summed E-state index contributed by atoms with van der Waals surface area (Å²) in [5, 5.41) is 3.39. The maximum Gasteiger partial charge on any atom is 0.250 e. The molecule has 0 bridgehead atoms. The molecule has 0 atom stereocenters. The second-order valence-electron chi connectivity index (χ2n) is 5.26. The fourth-order valence-electron chi connectivity index (χ4n) is 2.20. The van der Waals surface area contributed by atoms with Gasteiger partial charge in [-0.05, 0) is 36.9 Å². The van der Waals surface area contributed by atoms with E-state index in [9.17, 15) is 9.59 Å². The maximum atomic E-state index is 12.1. The largest absolute Gasteiger partial charge is 0.366 e. The Labute approximate surface area is 140 Å². The summed E-state index contributed by atoms with van der Waals surface area (Å²) in [5.41, 5.74) is 7.07. The van der Waals surface area contributed by atoms with Gasteiger partial charge in [0, 0.05) is 11.6 Å².